The van der Waals surface area contributed by atoms with E-state index in [-0.39, 0.29) is 52.1 Å². The van der Waals surface area contributed by atoms with Crippen molar-refractivity contribution >= 4 is 0 Å². The fraction of sp³-hybridized carbons (Fsp3) is 0. The molecule has 0 rings (SSSR count). The van der Waals surface area contributed by atoms with E-state index in [1.54, 1.807) is 0 Å². The van der Waals surface area contributed by atoms with Crippen molar-refractivity contribution < 1.29 is 57.2 Å². The Balaban J connectivity index is -0.0000000150. The molecule has 0 aromatic rings. The Hall–Kier alpha value is 0.679. The first-order valence-corrected chi connectivity index (χ1v) is 0.548. The smallest absolute Gasteiger partial charge is 2.00 e. The Bertz CT molecular complexity index is 34.7. The van der Waals surface area contributed by atoms with Crippen LogP contribution < -0.4 is 29.6 Å². The van der Waals surface area contributed by atoms with Crippen molar-refractivity contribution in [2.75, 3.05) is 0 Å². The van der Waals surface area contributed by atoms with Gasteiger partial charge in [-0.05, 0) is 0 Å². The van der Waals surface area contributed by atoms with Gasteiger partial charge in [-0.1, -0.05) is 0 Å². The van der Waals surface area contributed by atoms with E-state index >= 15 is 0 Å². The summed E-state index contributed by atoms with van der Waals surface area (Å²) in [5.41, 5.74) is 0. The van der Waals surface area contributed by atoms with Gasteiger partial charge < -0.3 is 20.8 Å². The van der Waals surface area contributed by atoms with Crippen LogP contribution in [0, 0.1) is 15.3 Å². The normalized spacial score (nSPS) is 3.43. The van der Waals surface area contributed by atoms with Crippen LogP contribution in [0.4, 0.5) is 0 Å². The van der Waals surface area contributed by atoms with Gasteiger partial charge in [0, 0.05) is 0 Å². The molecule has 0 saturated heterocycles. The Morgan fingerprint density at radius 2 is 1.29 bits per heavy atom. The van der Waals surface area contributed by atoms with Crippen molar-refractivity contribution in [1.82, 2.24) is 0 Å². The van der Waals surface area contributed by atoms with Crippen LogP contribution in [0.5, 0.6) is 0 Å². The SMILES string of the molecule is O=[N+]([O-])[O-].[Fe+2].[Na+].[O-2]. The van der Waals surface area contributed by atoms with E-state index in [1.165, 1.54) is 0 Å². The molecule has 0 fully saturated rings. The Labute approximate surface area is 72.3 Å². The van der Waals surface area contributed by atoms with Gasteiger partial charge in [-0.15, -0.1) is 0 Å². The molecular weight excluding hydrogens is 157 g/mol. The van der Waals surface area contributed by atoms with Crippen molar-refractivity contribution in [3.8, 4) is 0 Å². The molecule has 5 nitrogen and oxygen atoms in total. The van der Waals surface area contributed by atoms with Gasteiger partial charge in [0.15, 0.2) is 0 Å². The molecule has 0 bridgehead atoms. The molecule has 7 heteroatoms. The predicted octanol–water partition coefficient (Wildman–Crippen LogP) is -3.36. The summed E-state index contributed by atoms with van der Waals surface area (Å²) in [7, 11) is 0. The fourth-order valence-corrected chi connectivity index (χ4v) is 0. The van der Waals surface area contributed by atoms with E-state index in [0.29, 0.717) is 0 Å². The second-order valence-electron chi connectivity index (χ2n) is 0.224. The first-order chi connectivity index (χ1) is 1.73. The van der Waals surface area contributed by atoms with Crippen LogP contribution in [0.2, 0.25) is 0 Å². The van der Waals surface area contributed by atoms with Gasteiger partial charge in [-0.25, -0.2) is 0 Å². The zero-order valence-electron chi connectivity index (χ0n) is 3.43. The van der Waals surface area contributed by atoms with E-state index in [4.69, 9.17) is 15.3 Å². The summed E-state index contributed by atoms with van der Waals surface area (Å²) in [6.45, 7) is 0. The summed E-state index contributed by atoms with van der Waals surface area (Å²) in [4.78, 5) is 8.25. The first kappa shape index (κ1) is 25.3. The van der Waals surface area contributed by atoms with E-state index in [0.717, 1.165) is 0 Å². The van der Waals surface area contributed by atoms with E-state index in [9.17, 15) is 0 Å². The Kier molecular flexibility index (Phi) is 57.5. The molecule has 0 unspecified atom stereocenters. The summed E-state index contributed by atoms with van der Waals surface area (Å²) in [6.07, 6.45) is 0. The molecule has 7 heavy (non-hydrogen) atoms. The van der Waals surface area contributed by atoms with Crippen molar-refractivity contribution in [2.45, 2.75) is 0 Å². The van der Waals surface area contributed by atoms with Gasteiger partial charge in [-0.2, -0.15) is 0 Å². The number of hydrogen-bond acceptors (Lipinski definition) is 3. The Morgan fingerprint density at radius 1 is 1.29 bits per heavy atom. The minimum absolute atomic E-state index is 0. The van der Waals surface area contributed by atoms with E-state index < -0.39 is 5.09 Å². The molecule has 0 amide bonds. The molecule has 0 spiro atoms. The molecule has 0 radical (unpaired) electrons. The second-order valence-corrected chi connectivity index (χ2v) is 0.224. The quantitative estimate of drug-likeness (QED) is 0.208. The van der Waals surface area contributed by atoms with Crippen LogP contribution in [0.3, 0.4) is 0 Å². The predicted molar refractivity (Wildman–Crippen MR) is 11.0 cm³/mol. The van der Waals surface area contributed by atoms with E-state index in [2.05, 4.69) is 0 Å². The van der Waals surface area contributed by atoms with Gasteiger partial charge in [0.25, 0.3) is 0 Å². The van der Waals surface area contributed by atoms with Crippen molar-refractivity contribution in [3.05, 3.63) is 15.3 Å². The minimum atomic E-state index is -1.75. The topological polar surface area (TPSA) is 94.7 Å². The number of hydrogen-bond donors (Lipinski definition) is 0. The average molecular weight is 157 g/mol. The molecule has 0 aliphatic heterocycles. The number of rotatable bonds is 0. The maximum Gasteiger partial charge on any atom is 2.00 e. The molecular formula is FeNNaO4. The molecule has 0 aliphatic carbocycles. The monoisotopic (exact) mass is 157 g/mol. The Morgan fingerprint density at radius 3 is 1.29 bits per heavy atom. The van der Waals surface area contributed by atoms with Crippen LogP contribution in [0.15, 0.2) is 0 Å². The van der Waals surface area contributed by atoms with Crippen LogP contribution in [0.1, 0.15) is 0 Å². The molecule has 0 N–H and O–H groups in total. The van der Waals surface area contributed by atoms with Crippen molar-refractivity contribution in [3.63, 3.8) is 0 Å². The molecule has 0 aliphatic rings. The van der Waals surface area contributed by atoms with Gasteiger partial charge >= 0.3 is 46.6 Å². The summed E-state index contributed by atoms with van der Waals surface area (Å²) in [6, 6.07) is 0. The minimum Gasteiger partial charge on any atom is -2.00 e. The van der Waals surface area contributed by atoms with Crippen molar-refractivity contribution in [1.29, 1.82) is 0 Å². The van der Waals surface area contributed by atoms with Crippen LogP contribution in [-0.2, 0) is 22.5 Å². The summed E-state index contributed by atoms with van der Waals surface area (Å²) in [5, 5.41) is 14.8. The van der Waals surface area contributed by atoms with Gasteiger partial charge in [0.1, 0.15) is 0 Å². The van der Waals surface area contributed by atoms with Crippen LogP contribution >= 0.6 is 0 Å². The summed E-state index contributed by atoms with van der Waals surface area (Å²) < 4.78 is 0. The second kappa shape index (κ2) is 15.9. The standard InChI is InChI=1S/Fe.NO3.Na.O/c;2-1(3)4;;/q+2;-1;+1;-2. The van der Waals surface area contributed by atoms with E-state index in [1.807, 2.05) is 0 Å². The molecule has 0 atom stereocenters. The maximum absolute atomic E-state index is 8.25. The third-order valence-corrected chi connectivity index (χ3v) is 0. The molecule has 0 heterocycles. The zero-order valence-corrected chi connectivity index (χ0v) is 6.54. The first-order valence-electron chi connectivity index (χ1n) is 0.548. The third-order valence-electron chi connectivity index (χ3n) is 0. The third kappa shape index (κ3) is 317. The van der Waals surface area contributed by atoms with Crippen molar-refractivity contribution in [2.24, 2.45) is 0 Å². The molecule has 0 aromatic heterocycles. The van der Waals surface area contributed by atoms with Gasteiger partial charge in [0.2, 0.25) is 0 Å². The summed E-state index contributed by atoms with van der Waals surface area (Å²) >= 11 is 0. The fourth-order valence-electron chi connectivity index (χ4n) is 0. The largest absolute Gasteiger partial charge is 2.00 e. The van der Waals surface area contributed by atoms with Crippen LogP contribution in [-0.4, -0.2) is 5.09 Å². The summed E-state index contributed by atoms with van der Waals surface area (Å²) in [5.74, 6) is 0. The molecule has 38 valence electrons. The van der Waals surface area contributed by atoms with Crippen LogP contribution in [0.25, 0.3) is 0 Å². The molecule has 0 aromatic carbocycles. The maximum atomic E-state index is 8.25. The van der Waals surface area contributed by atoms with Gasteiger partial charge in [0.05, 0.1) is 5.09 Å². The van der Waals surface area contributed by atoms with Gasteiger partial charge in [-0.3, -0.25) is 0 Å². The zero-order chi connectivity index (χ0) is 3.58. The molecule has 0 saturated carbocycles. The number of nitrogens with zero attached hydrogens (tertiary/aromatic N) is 1. The average Bonchev–Trinajstić information content (AvgIpc) is 0.811.